The largest absolute Gasteiger partial charge is 0.466 e. The van der Waals surface area contributed by atoms with Gasteiger partial charge in [-0.2, -0.15) is 5.10 Å². The van der Waals surface area contributed by atoms with Crippen molar-refractivity contribution in [3.63, 3.8) is 0 Å². The summed E-state index contributed by atoms with van der Waals surface area (Å²) < 4.78 is 7.60. The highest BCUT2D eigenvalue weighted by Gasteiger charge is 2.34. The summed E-state index contributed by atoms with van der Waals surface area (Å²) in [5, 5.41) is 5.28. The molecule has 3 aromatic heterocycles. The summed E-state index contributed by atoms with van der Waals surface area (Å²) in [6, 6.07) is 11.2. The van der Waals surface area contributed by atoms with E-state index >= 15 is 0 Å². The number of aromatic nitrogens is 3. The number of pyridine rings is 1. The van der Waals surface area contributed by atoms with E-state index in [1.54, 1.807) is 18.3 Å². The van der Waals surface area contributed by atoms with E-state index in [9.17, 15) is 9.59 Å². The molecule has 0 radical (unpaired) electrons. The molecule has 1 aliphatic rings. The van der Waals surface area contributed by atoms with Gasteiger partial charge in [0.1, 0.15) is 11.5 Å². The Morgan fingerprint density at radius 3 is 2.46 bits per heavy atom. The maximum atomic E-state index is 14.0. The number of nitrogens with two attached hydrogens (primary N) is 1. The van der Waals surface area contributed by atoms with Crippen LogP contribution in [0.4, 0.5) is 0 Å². The van der Waals surface area contributed by atoms with Gasteiger partial charge in [-0.05, 0) is 70.4 Å². The second kappa shape index (κ2) is 8.69. The standard InChI is InChI=1S/C27H29N5O3/c1-15(2)32-26-23(13-29-32)22(12-24(30-26)21-11-16(3)35-17(21)4)27(34)31(20-9-10-20)14-18-5-7-19(8-6-18)25(28)33/h5-8,11-13,15,20H,9-10,14H2,1-4H3,(H2,28,33). The number of carbonyl (C=O) groups is 2. The van der Waals surface area contributed by atoms with Crippen molar-refractivity contribution < 1.29 is 14.0 Å². The average molecular weight is 472 g/mol. The maximum absolute atomic E-state index is 14.0. The molecule has 0 unspecified atom stereocenters. The van der Waals surface area contributed by atoms with Gasteiger partial charge in [-0.3, -0.25) is 9.59 Å². The molecule has 8 heteroatoms. The molecule has 1 aromatic carbocycles. The number of hydrogen-bond acceptors (Lipinski definition) is 5. The number of nitrogens with zero attached hydrogens (tertiary/aromatic N) is 4. The molecule has 5 rings (SSSR count). The predicted octanol–water partition coefficient (Wildman–Crippen LogP) is 4.79. The molecule has 0 bridgehead atoms. The van der Waals surface area contributed by atoms with Crippen molar-refractivity contribution in [2.75, 3.05) is 0 Å². The van der Waals surface area contributed by atoms with E-state index in [0.717, 1.165) is 40.9 Å². The van der Waals surface area contributed by atoms with Crippen LogP contribution in [0.15, 0.2) is 47.0 Å². The number of amides is 2. The van der Waals surface area contributed by atoms with E-state index in [1.165, 1.54) is 0 Å². The number of primary amides is 1. The Kier molecular flexibility index (Phi) is 5.67. The Morgan fingerprint density at radius 1 is 1.17 bits per heavy atom. The van der Waals surface area contributed by atoms with Crippen molar-refractivity contribution in [3.8, 4) is 11.3 Å². The summed E-state index contributed by atoms with van der Waals surface area (Å²) in [4.78, 5) is 32.3. The van der Waals surface area contributed by atoms with Crippen molar-refractivity contribution >= 4 is 22.8 Å². The fourth-order valence-corrected chi connectivity index (χ4v) is 4.47. The number of carbonyl (C=O) groups excluding carboxylic acids is 2. The Morgan fingerprint density at radius 2 is 1.89 bits per heavy atom. The molecule has 8 nitrogen and oxygen atoms in total. The number of rotatable bonds is 7. The molecule has 0 atom stereocenters. The van der Waals surface area contributed by atoms with Gasteiger partial charge in [0.15, 0.2) is 5.65 Å². The normalized spacial score (nSPS) is 13.5. The van der Waals surface area contributed by atoms with Gasteiger partial charge in [-0.1, -0.05) is 12.1 Å². The number of fused-ring (bicyclic) bond motifs is 1. The molecule has 0 aliphatic heterocycles. The minimum atomic E-state index is -0.467. The van der Waals surface area contributed by atoms with E-state index in [0.29, 0.717) is 29.0 Å². The van der Waals surface area contributed by atoms with Gasteiger partial charge >= 0.3 is 0 Å². The zero-order valence-corrected chi connectivity index (χ0v) is 20.4. The maximum Gasteiger partial charge on any atom is 0.255 e. The molecule has 1 fully saturated rings. The lowest BCUT2D eigenvalue weighted by atomic mass is 10.1. The topological polar surface area (TPSA) is 107 Å². The van der Waals surface area contributed by atoms with Crippen molar-refractivity contribution in [3.05, 3.63) is 70.8 Å². The molecule has 35 heavy (non-hydrogen) atoms. The summed E-state index contributed by atoms with van der Waals surface area (Å²) in [7, 11) is 0. The lowest BCUT2D eigenvalue weighted by molar-refractivity contribution is 0.0731. The molecule has 2 N–H and O–H groups in total. The minimum Gasteiger partial charge on any atom is -0.466 e. The Balaban J connectivity index is 1.59. The quantitative estimate of drug-likeness (QED) is 0.417. The molecule has 1 saturated carbocycles. The second-order valence-electron chi connectivity index (χ2n) is 9.53. The minimum absolute atomic E-state index is 0.0543. The smallest absolute Gasteiger partial charge is 0.255 e. The highest BCUT2D eigenvalue weighted by atomic mass is 16.3. The van der Waals surface area contributed by atoms with E-state index in [4.69, 9.17) is 15.1 Å². The summed E-state index contributed by atoms with van der Waals surface area (Å²) in [5.74, 6) is 1.03. The third-order valence-corrected chi connectivity index (χ3v) is 6.44. The molecule has 4 aromatic rings. The van der Waals surface area contributed by atoms with E-state index in [1.807, 2.05) is 61.5 Å². The average Bonchev–Trinajstić information content (AvgIpc) is 3.48. The third kappa shape index (κ3) is 4.32. The van der Waals surface area contributed by atoms with Crippen LogP contribution in [0.1, 0.15) is 70.5 Å². The van der Waals surface area contributed by atoms with E-state index in [-0.39, 0.29) is 18.0 Å². The van der Waals surface area contributed by atoms with Crippen LogP contribution in [0, 0.1) is 13.8 Å². The number of hydrogen-bond donors (Lipinski definition) is 1. The zero-order chi connectivity index (χ0) is 24.9. The van der Waals surface area contributed by atoms with Crippen LogP contribution in [-0.4, -0.2) is 37.5 Å². The molecule has 0 spiro atoms. The van der Waals surface area contributed by atoms with Crippen LogP contribution < -0.4 is 5.73 Å². The van der Waals surface area contributed by atoms with Crippen LogP contribution in [0.3, 0.4) is 0 Å². The number of benzene rings is 1. The van der Waals surface area contributed by atoms with Gasteiger partial charge in [-0.15, -0.1) is 0 Å². The predicted molar refractivity (Wildman–Crippen MR) is 133 cm³/mol. The molecule has 1 aliphatic carbocycles. The molecular formula is C27H29N5O3. The summed E-state index contributed by atoms with van der Waals surface area (Å²) >= 11 is 0. The van der Waals surface area contributed by atoms with Crippen LogP contribution >= 0.6 is 0 Å². The molecule has 180 valence electrons. The first-order chi connectivity index (χ1) is 16.7. The monoisotopic (exact) mass is 471 g/mol. The van der Waals surface area contributed by atoms with Crippen molar-refractivity contribution in [1.29, 1.82) is 0 Å². The van der Waals surface area contributed by atoms with Crippen LogP contribution in [-0.2, 0) is 6.54 Å². The molecule has 3 heterocycles. The first-order valence-corrected chi connectivity index (χ1v) is 11.9. The lowest BCUT2D eigenvalue weighted by Gasteiger charge is -2.23. The van der Waals surface area contributed by atoms with Gasteiger partial charge in [-0.25, -0.2) is 9.67 Å². The molecule has 0 saturated heterocycles. The Bertz CT molecular complexity index is 1430. The van der Waals surface area contributed by atoms with Crippen molar-refractivity contribution in [2.24, 2.45) is 5.73 Å². The van der Waals surface area contributed by atoms with Gasteiger partial charge < -0.3 is 15.1 Å². The highest BCUT2D eigenvalue weighted by Crippen LogP contribution is 2.34. The summed E-state index contributed by atoms with van der Waals surface area (Å²) in [6.07, 6.45) is 3.68. The molecule has 2 amide bonds. The van der Waals surface area contributed by atoms with Crippen LogP contribution in [0.5, 0.6) is 0 Å². The highest BCUT2D eigenvalue weighted by molar-refractivity contribution is 6.06. The van der Waals surface area contributed by atoms with Gasteiger partial charge in [0.25, 0.3) is 5.91 Å². The molecular weight excluding hydrogens is 442 g/mol. The first kappa shape index (κ1) is 22.8. The first-order valence-electron chi connectivity index (χ1n) is 11.9. The fourth-order valence-electron chi connectivity index (χ4n) is 4.47. The van der Waals surface area contributed by atoms with E-state index < -0.39 is 5.91 Å². The van der Waals surface area contributed by atoms with Crippen LogP contribution in [0.25, 0.3) is 22.3 Å². The Hall–Kier alpha value is -3.94. The second-order valence-corrected chi connectivity index (χ2v) is 9.53. The van der Waals surface area contributed by atoms with Gasteiger partial charge in [0.05, 0.1) is 22.8 Å². The number of furan rings is 1. The number of aryl methyl sites for hydroxylation is 2. The van der Waals surface area contributed by atoms with Crippen molar-refractivity contribution in [2.45, 2.75) is 59.2 Å². The lowest BCUT2D eigenvalue weighted by Crippen LogP contribution is -2.33. The SMILES string of the molecule is Cc1cc(-c2cc(C(=O)N(Cc3ccc(C(N)=O)cc3)C3CC3)c3cnn(C(C)C)c3n2)c(C)o1. The van der Waals surface area contributed by atoms with E-state index in [2.05, 4.69) is 5.10 Å². The van der Waals surface area contributed by atoms with Gasteiger partial charge in [0, 0.05) is 29.8 Å². The summed E-state index contributed by atoms with van der Waals surface area (Å²) in [5.41, 5.74) is 9.59. The van der Waals surface area contributed by atoms with Crippen molar-refractivity contribution in [1.82, 2.24) is 19.7 Å². The Labute approximate surface area is 203 Å². The summed E-state index contributed by atoms with van der Waals surface area (Å²) in [6.45, 7) is 8.34. The van der Waals surface area contributed by atoms with Gasteiger partial charge in [0.2, 0.25) is 5.91 Å². The van der Waals surface area contributed by atoms with Crippen LogP contribution in [0.2, 0.25) is 0 Å². The fraction of sp³-hybridized carbons (Fsp3) is 0.333. The third-order valence-electron chi connectivity index (χ3n) is 6.44. The zero-order valence-electron chi connectivity index (χ0n) is 20.4.